The summed E-state index contributed by atoms with van der Waals surface area (Å²) in [6.07, 6.45) is 3.52. The Balaban J connectivity index is 2.89. The van der Waals surface area contributed by atoms with Crippen LogP contribution in [0.1, 0.15) is 6.42 Å². The predicted molar refractivity (Wildman–Crippen MR) is 39.7 cm³/mol. The van der Waals surface area contributed by atoms with E-state index in [0.717, 1.165) is 6.08 Å². The van der Waals surface area contributed by atoms with E-state index in [0.29, 0.717) is 0 Å². The molecule has 0 spiro atoms. The van der Waals surface area contributed by atoms with Crippen molar-refractivity contribution >= 4 is 0 Å². The minimum atomic E-state index is -2.02. The third kappa shape index (κ3) is 1.68. The summed E-state index contributed by atoms with van der Waals surface area (Å²) in [5.41, 5.74) is -0.273. The molecular formula is C7H8FNO3. The second-order valence-corrected chi connectivity index (χ2v) is 2.42. The molecule has 0 heterocycles. The topological polar surface area (TPSA) is 52.4 Å². The van der Waals surface area contributed by atoms with Gasteiger partial charge < -0.3 is 4.74 Å². The molecule has 0 saturated heterocycles. The fraction of sp³-hybridized carbons (Fsp3) is 0.429. The molecule has 0 fully saturated rings. The fourth-order valence-electron chi connectivity index (χ4n) is 0.924. The van der Waals surface area contributed by atoms with Gasteiger partial charge in [0.15, 0.2) is 0 Å². The van der Waals surface area contributed by atoms with Gasteiger partial charge in [-0.05, 0) is 0 Å². The molecule has 0 aromatic carbocycles. The number of ether oxygens (including phenoxy) is 1. The smallest absolute Gasteiger partial charge is 0.270 e. The average molecular weight is 173 g/mol. The Bertz CT molecular complexity index is 261. The number of rotatable bonds is 2. The minimum absolute atomic E-state index is 0.0147. The van der Waals surface area contributed by atoms with Crippen LogP contribution in [0.15, 0.2) is 23.9 Å². The van der Waals surface area contributed by atoms with E-state index in [-0.39, 0.29) is 12.1 Å². The second kappa shape index (κ2) is 3.02. The maximum Gasteiger partial charge on any atom is 0.270 e. The Morgan fingerprint density at radius 1 is 1.83 bits per heavy atom. The van der Waals surface area contributed by atoms with Gasteiger partial charge in [0.05, 0.1) is 11.0 Å². The monoisotopic (exact) mass is 173 g/mol. The summed E-state index contributed by atoms with van der Waals surface area (Å²) in [5.74, 6) is -2.02. The number of alkyl halides is 1. The van der Waals surface area contributed by atoms with Crippen LogP contribution in [0.3, 0.4) is 0 Å². The quantitative estimate of drug-likeness (QED) is 0.468. The van der Waals surface area contributed by atoms with Gasteiger partial charge in [0.2, 0.25) is 5.85 Å². The minimum Gasteiger partial charge on any atom is -0.346 e. The largest absolute Gasteiger partial charge is 0.346 e. The summed E-state index contributed by atoms with van der Waals surface area (Å²) in [6.45, 7) is 0. The highest BCUT2D eigenvalue weighted by molar-refractivity contribution is 5.20. The zero-order valence-corrected chi connectivity index (χ0v) is 6.49. The molecule has 12 heavy (non-hydrogen) atoms. The molecule has 4 nitrogen and oxygen atoms in total. The highest BCUT2D eigenvalue weighted by Gasteiger charge is 2.31. The zero-order chi connectivity index (χ0) is 9.19. The van der Waals surface area contributed by atoms with Crippen LogP contribution in [-0.4, -0.2) is 17.9 Å². The SMILES string of the molecule is COC1(F)C=C([N+](=O)[O-])C=CC1. The molecule has 1 atom stereocenters. The first-order chi connectivity index (χ1) is 5.57. The van der Waals surface area contributed by atoms with Crippen molar-refractivity contribution in [2.45, 2.75) is 12.3 Å². The average Bonchev–Trinajstić information content (AvgIpc) is 2.05. The van der Waals surface area contributed by atoms with Crippen LogP contribution in [0.5, 0.6) is 0 Å². The van der Waals surface area contributed by atoms with Crippen LogP contribution in [0.25, 0.3) is 0 Å². The molecule has 0 aliphatic heterocycles. The molecule has 1 rings (SSSR count). The maximum atomic E-state index is 13.3. The number of hydrogen-bond donors (Lipinski definition) is 0. The van der Waals surface area contributed by atoms with E-state index in [1.165, 1.54) is 19.3 Å². The van der Waals surface area contributed by atoms with Gasteiger partial charge in [-0.2, -0.15) is 0 Å². The number of hydrogen-bond acceptors (Lipinski definition) is 3. The van der Waals surface area contributed by atoms with E-state index < -0.39 is 10.8 Å². The lowest BCUT2D eigenvalue weighted by Crippen LogP contribution is -2.25. The maximum absolute atomic E-state index is 13.3. The lowest BCUT2D eigenvalue weighted by Gasteiger charge is -2.19. The van der Waals surface area contributed by atoms with E-state index in [4.69, 9.17) is 0 Å². The van der Waals surface area contributed by atoms with Gasteiger partial charge in [0.1, 0.15) is 0 Å². The van der Waals surface area contributed by atoms with Crippen molar-refractivity contribution in [2.75, 3.05) is 7.11 Å². The molecule has 1 aliphatic rings. The number of nitrogens with zero attached hydrogens (tertiary/aromatic N) is 1. The lowest BCUT2D eigenvalue weighted by molar-refractivity contribution is -0.420. The van der Waals surface area contributed by atoms with Crippen LogP contribution in [-0.2, 0) is 4.74 Å². The first kappa shape index (κ1) is 8.86. The van der Waals surface area contributed by atoms with E-state index in [1.54, 1.807) is 0 Å². The molecule has 1 unspecified atom stereocenters. The Morgan fingerprint density at radius 3 is 3.00 bits per heavy atom. The molecule has 1 aliphatic carbocycles. The Labute approximate surface area is 68.5 Å². The van der Waals surface area contributed by atoms with E-state index >= 15 is 0 Å². The Morgan fingerprint density at radius 2 is 2.50 bits per heavy atom. The summed E-state index contributed by atoms with van der Waals surface area (Å²) in [6, 6.07) is 0. The van der Waals surface area contributed by atoms with E-state index in [2.05, 4.69) is 4.74 Å². The van der Waals surface area contributed by atoms with Crippen molar-refractivity contribution in [3.8, 4) is 0 Å². The summed E-state index contributed by atoms with van der Waals surface area (Å²) in [5, 5.41) is 10.2. The van der Waals surface area contributed by atoms with Gasteiger partial charge in [-0.1, -0.05) is 6.08 Å². The summed E-state index contributed by atoms with van der Waals surface area (Å²) >= 11 is 0. The highest BCUT2D eigenvalue weighted by atomic mass is 19.2. The second-order valence-electron chi connectivity index (χ2n) is 2.42. The molecule has 0 aromatic rings. The van der Waals surface area contributed by atoms with Crippen molar-refractivity contribution in [1.29, 1.82) is 0 Å². The number of methoxy groups -OCH3 is 1. The van der Waals surface area contributed by atoms with Crippen molar-refractivity contribution in [3.05, 3.63) is 34.0 Å². The van der Waals surface area contributed by atoms with Gasteiger partial charge in [-0.3, -0.25) is 10.1 Å². The van der Waals surface area contributed by atoms with Crippen LogP contribution >= 0.6 is 0 Å². The zero-order valence-electron chi connectivity index (χ0n) is 6.49. The van der Waals surface area contributed by atoms with Crippen molar-refractivity contribution < 1.29 is 14.1 Å². The van der Waals surface area contributed by atoms with Crippen LogP contribution in [0.2, 0.25) is 0 Å². The molecule has 0 aromatic heterocycles. The van der Waals surface area contributed by atoms with E-state index in [1.807, 2.05) is 0 Å². The lowest BCUT2D eigenvalue weighted by atomic mass is 10.1. The van der Waals surface area contributed by atoms with Crippen molar-refractivity contribution in [1.82, 2.24) is 0 Å². The van der Waals surface area contributed by atoms with Crippen LogP contribution in [0.4, 0.5) is 4.39 Å². The molecule has 0 bridgehead atoms. The summed E-state index contributed by atoms with van der Waals surface area (Å²) in [4.78, 5) is 9.57. The number of halogens is 1. The Kier molecular flexibility index (Phi) is 2.23. The van der Waals surface area contributed by atoms with Crippen LogP contribution < -0.4 is 0 Å². The first-order valence-electron chi connectivity index (χ1n) is 3.35. The fourth-order valence-corrected chi connectivity index (χ4v) is 0.924. The predicted octanol–water partition coefficient (Wildman–Crippen LogP) is 1.42. The highest BCUT2D eigenvalue weighted by Crippen LogP contribution is 2.26. The standard InChI is InChI=1S/C7H8FNO3/c1-12-7(8)4-2-3-6(5-7)9(10)11/h2-3,5H,4H2,1H3. The van der Waals surface area contributed by atoms with Crippen molar-refractivity contribution in [2.24, 2.45) is 0 Å². The molecule has 0 saturated carbocycles. The molecule has 0 N–H and O–H groups in total. The molecular weight excluding hydrogens is 165 g/mol. The van der Waals surface area contributed by atoms with E-state index in [9.17, 15) is 14.5 Å². The van der Waals surface area contributed by atoms with Crippen molar-refractivity contribution in [3.63, 3.8) is 0 Å². The molecule has 0 radical (unpaired) electrons. The van der Waals surface area contributed by atoms with Crippen LogP contribution in [0, 0.1) is 10.1 Å². The molecule has 0 amide bonds. The molecule has 5 heteroatoms. The normalized spacial score (nSPS) is 28.3. The number of allylic oxidation sites excluding steroid dienone is 1. The third-order valence-corrected chi connectivity index (χ3v) is 1.60. The van der Waals surface area contributed by atoms with Gasteiger partial charge in [0, 0.05) is 19.6 Å². The first-order valence-corrected chi connectivity index (χ1v) is 3.35. The Hall–Kier alpha value is -1.23. The third-order valence-electron chi connectivity index (χ3n) is 1.60. The molecule has 66 valence electrons. The van der Waals surface area contributed by atoms with Gasteiger partial charge >= 0.3 is 0 Å². The van der Waals surface area contributed by atoms with Gasteiger partial charge in [-0.25, -0.2) is 4.39 Å². The summed E-state index contributed by atoms with van der Waals surface area (Å²) in [7, 11) is 1.17. The number of nitro groups is 1. The van der Waals surface area contributed by atoms with Gasteiger partial charge in [-0.15, -0.1) is 0 Å². The van der Waals surface area contributed by atoms with Gasteiger partial charge in [0.25, 0.3) is 5.70 Å². The summed E-state index contributed by atoms with van der Waals surface area (Å²) < 4.78 is 17.7.